The molecule has 1 aromatic rings. The van der Waals surface area contributed by atoms with Crippen molar-refractivity contribution >= 4 is 10.0 Å². The number of rotatable bonds is 4. The van der Waals surface area contributed by atoms with Crippen molar-refractivity contribution in [2.75, 3.05) is 12.8 Å². The number of nitriles is 1. The maximum absolute atomic E-state index is 11.4. The van der Waals surface area contributed by atoms with Gasteiger partial charge in [0.2, 0.25) is 10.0 Å². The van der Waals surface area contributed by atoms with Crippen molar-refractivity contribution in [1.29, 1.82) is 5.26 Å². The Morgan fingerprint density at radius 1 is 1.60 bits per heavy atom. The molecular weight excluding hydrogens is 216 g/mol. The lowest BCUT2D eigenvalue weighted by atomic mass is 10.3. The van der Waals surface area contributed by atoms with Crippen LogP contribution in [0.3, 0.4) is 0 Å². The van der Waals surface area contributed by atoms with Gasteiger partial charge in [-0.3, -0.25) is 0 Å². The van der Waals surface area contributed by atoms with Gasteiger partial charge >= 0.3 is 0 Å². The summed E-state index contributed by atoms with van der Waals surface area (Å²) in [5.41, 5.74) is 0.805. The molecule has 0 unspecified atom stereocenters. The lowest BCUT2D eigenvalue weighted by molar-refractivity contribution is 0.461. The van der Waals surface area contributed by atoms with E-state index in [1.807, 2.05) is 0 Å². The first kappa shape index (κ1) is 11.8. The molecule has 0 N–H and O–H groups in total. The van der Waals surface area contributed by atoms with Crippen molar-refractivity contribution in [3.05, 3.63) is 23.7 Å². The molecule has 15 heavy (non-hydrogen) atoms. The Bertz CT molecular complexity index is 470. The maximum Gasteiger partial charge on any atom is 0.227 e. The molecule has 0 radical (unpaired) electrons. The van der Waals surface area contributed by atoms with Gasteiger partial charge in [-0.05, 0) is 13.0 Å². The molecule has 1 aromatic heterocycles. The predicted octanol–water partition coefficient (Wildman–Crippen LogP) is 0.873. The van der Waals surface area contributed by atoms with Crippen molar-refractivity contribution < 1.29 is 12.8 Å². The van der Waals surface area contributed by atoms with E-state index in [-0.39, 0.29) is 6.54 Å². The number of hydrogen-bond acceptors (Lipinski definition) is 4. The molecule has 0 bridgehead atoms. The van der Waals surface area contributed by atoms with Gasteiger partial charge in [-0.25, -0.2) is 8.42 Å². The molecule has 0 amide bonds. The van der Waals surface area contributed by atoms with Crippen LogP contribution in [-0.4, -0.2) is 25.5 Å². The van der Waals surface area contributed by atoms with Crippen LogP contribution < -0.4 is 0 Å². The van der Waals surface area contributed by atoms with E-state index < -0.39 is 15.8 Å². The molecule has 0 atom stereocenters. The van der Waals surface area contributed by atoms with Crippen LogP contribution >= 0.6 is 0 Å². The van der Waals surface area contributed by atoms with Crippen LogP contribution in [0.5, 0.6) is 0 Å². The highest BCUT2D eigenvalue weighted by molar-refractivity contribution is 7.89. The van der Waals surface area contributed by atoms with Gasteiger partial charge in [0.15, 0.2) is 5.75 Å². The highest BCUT2D eigenvalue weighted by atomic mass is 32.2. The summed E-state index contributed by atoms with van der Waals surface area (Å²) in [5, 5.41) is 8.36. The topological polar surface area (TPSA) is 74.3 Å². The summed E-state index contributed by atoms with van der Waals surface area (Å²) in [5.74, 6) is 0.189. The van der Waals surface area contributed by atoms with E-state index in [9.17, 15) is 8.42 Å². The molecule has 1 heterocycles. The molecule has 0 spiro atoms. The van der Waals surface area contributed by atoms with Crippen LogP contribution in [0.2, 0.25) is 0 Å². The van der Waals surface area contributed by atoms with E-state index >= 15 is 0 Å². The van der Waals surface area contributed by atoms with Crippen molar-refractivity contribution in [2.24, 2.45) is 0 Å². The van der Waals surface area contributed by atoms with Gasteiger partial charge < -0.3 is 4.42 Å². The minimum Gasteiger partial charge on any atom is -0.469 e. The second-order valence-electron chi connectivity index (χ2n) is 3.17. The maximum atomic E-state index is 11.4. The first-order valence-electron chi connectivity index (χ1n) is 4.31. The van der Waals surface area contributed by atoms with Crippen molar-refractivity contribution in [3.63, 3.8) is 0 Å². The summed E-state index contributed by atoms with van der Waals surface area (Å²) in [6.07, 6.45) is 1.51. The van der Waals surface area contributed by atoms with Crippen molar-refractivity contribution in [1.82, 2.24) is 4.31 Å². The molecule has 1 rings (SSSR count). The molecule has 0 aliphatic rings. The highest BCUT2D eigenvalue weighted by Gasteiger charge is 2.18. The largest absolute Gasteiger partial charge is 0.469 e. The fourth-order valence-electron chi connectivity index (χ4n) is 1.11. The molecule has 6 heteroatoms. The Kier molecular flexibility index (Phi) is 3.50. The zero-order chi connectivity index (χ0) is 11.5. The van der Waals surface area contributed by atoms with Crippen LogP contribution in [0.4, 0.5) is 0 Å². The van der Waals surface area contributed by atoms with Gasteiger partial charge in [0.05, 0.1) is 12.3 Å². The Morgan fingerprint density at radius 2 is 2.27 bits per heavy atom. The number of sulfonamides is 1. The molecule has 0 saturated carbocycles. The second kappa shape index (κ2) is 4.47. The Morgan fingerprint density at radius 3 is 2.73 bits per heavy atom. The average Bonchev–Trinajstić information content (AvgIpc) is 2.52. The smallest absolute Gasteiger partial charge is 0.227 e. The van der Waals surface area contributed by atoms with Crippen LogP contribution in [0.25, 0.3) is 0 Å². The van der Waals surface area contributed by atoms with Gasteiger partial charge in [-0.1, -0.05) is 0 Å². The van der Waals surface area contributed by atoms with Gasteiger partial charge in [0, 0.05) is 19.2 Å². The minimum atomic E-state index is -3.47. The monoisotopic (exact) mass is 228 g/mol. The number of nitrogens with zero attached hydrogens (tertiary/aromatic N) is 2. The number of furan rings is 1. The molecule has 5 nitrogen and oxygen atoms in total. The Balaban J connectivity index is 2.77. The van der Waals surface area contributed by atoms with Crippen LogP contribution in [0.1, 0.15) is 11.3 Å². The summed E-state index contributed by atoms with van der Waals surface area (Å²) < 4.78 is 29.1. The zero-order valence-corrected chi connectivity index (χ0v) is 9.41. The second-order valence-corrected chi connectivity index (χ2v) is 5.25. The minimum absolute atomic E-state index is 0.229. The molecule has 82 valence electrons. The molecule has 0 fully saturated rings. The normalized spacial score (nSPS) is 11.6. The average molecular weight is 228 g/mol. The van der Waals surface area contributed by atoms with Gasteiger partial charge in [-0.2, -0.15) is 9.57 Å². The fourth-order valence-corrected chi connectivity index (χ4v) is 1.82. The fraction of sp³-hybridized carbons (Fsp3) is 0.444. The summed E-state index contributed by atoms with van der Waals surface area (Å²) >= 11 is 0. The van der Waals surface area contributed by atoms with Gasteiger partial charge in [0.25, 0.3) is 0 Å². The van der Waals surface area contributed by atoms with Crippen molar-refractivity contribution in [2.45, 2.75) is 13.5 Å². The summed E-state index contributed by atoms with van der Waals surface area (Å²) in [6.45, 7) is 1.99. The first-order valence-corrected chi connectivity index (χ1v) is 5.92. The van der Waals surface area contributed by atoms with E-state index in [0.29, 0.717) is 5.76 Å². The molecular formula is C9H12N2O3S. The third kappa shape index (κ3) is 2.81. The lowest BCUT2D eigenvalue weighted by Crippen LogP contribution is -2.28. The third-order valence-electron chi connectivity index (χ3n) is 2.08. The molecule has 0 aliphatic carbocycles. The third-order valence-corrected chi connectivity index (χ3v) is 3.65. The summed E-state index contributed by atoms with van der Waals surface area (Å²) in [6, 6.07) is 3.35. The molecule has 0 saturated heterocycles. The SMILES string of the molecule is Cc1occc1CN(C)S(=O)(=O)CC#N. The highest BCUT2D eigenvalue weighted by Crippen LogP contribution is 2.13. The van der Waals surface area contributed by atoms with E-state index in [0.717, 1.165) is 9.87 Å². The van der Waals surface area contributed by atoms with E-state index in [1.165, 1.54) is 13.3 Å². The van der Waals surface area contributed by atoms with E-state index in [2.05, 4.69) is 0 Å². The molecule has 0 aliphatic heterocycles. The van der Waals surface area contributed by atoms with Gasteiger partial charge in [0.1, 0.15) is 5.76 Å². The number of aryl methyl sites for hydroxylation is 1. The quantitative estimate of drug-likeness (QED) is 0.766. The van der Waals surface area contributed by atoms with Gasteiger partial charge in [-0.15, -0.1) is 0 Å². The Hall–Kier alpha value is -1.32. The standard InChI is InChI=1S/C9H12N2O3S/c1-8-9(3-5-14-8)7-11(2)15(12,13)6-4-10/h3,5H,6-7H2,1-2H3. The summed E-state index contributed by atoms with van der Waals surface area (Å²) in [4.78, 5) is 0. The van der Waals surface area contributed by atoms with Crippen LogP contribution in [0.15, 0.2) is 16.7 Å². The zero-order valence-electron chi connectivity index (χ0n) is 8.60. The lowest BCUT2D eigenvalue weighted by Gasteiger charge is -2.14. The van der Waals surface area contributed by atoms with E-state index in [1.54, 1.807) is 19.1 Å². The van der Waals surface area contributed by atoms with Crippen LogP contribution in [-0.2, 0) is 16.6 Å². The Labute approximate surface area is 89.0 Å². The number of hydrogen-bond donors (Lipinski definition) is 0. The van der Waals surface area contributed by atoms with E-state index in [4.69, 9.17) is 9.68 Å². The predicted molar refractivity (Wildman–Crippen MR) is 54.3 cm³/mol. The van der Waals surface area contributed by atoms with Crippen LogP contribution in [0, 0.1) is 18.3 Å². The summed E-state index contributed by atoms with van der Waals surface area (Å²) in [7, 11) is -2.03. The first-order chi connectivity index (χ1) is 6.97. The molecule has 0 aromatic carbocycles. The van der Waals surface area contributed by atoms with Crippen molar-refractivity contribution in [3.8, 4) is 6.07 Å².